The summed E-state index contributed by atoms with van der Waals surface area (Å²) in [7, 11) is 0. The molecule has 1 spiro atoms. The van der Waals surface area contributed by atoms with Crippen molar-refractivity contribution in [3.63, 3.8) is 0 Å². The lowest BCUT2D eigenvalue weighted by molar-refractivity contribution is -0.134. The van der Waals surface area contributed by atoms with E-state index in [9.17, 15) is 9.59 Å². The fourth-order valence-electron chi connectivity index (χ4n) is 3.27. The van der Waals surface area contributed by atoms with Crippen LogP contribution in [-0.2, 0) is 9.59 Å². The predicted molar refractivity (Wildman–Crippen MR) is 69.3 cm³/mol. The molecule has 2 aliphatic carbocycles. The van der Waals surface area contributed by atoms with Crippen LogP contribution < -0.4 is 0 Å². The van der Waals surface area contributed by atoms with Crippen molar-refractivity contribution < 1.29 is 14.7 Å². The first-order valence-corrected chi connectivity index (χ1v) is 7.34. The SMILES string of the molecule is O=C(CCO)N1CCCN(C(=O)C2CC23CC3)CC1. The monoisotopic (exact) mass is 266 g/mol. The molecule has 0 bridgehead atoms. The Bertz CT molecular complexity index is 392. The Kier molecular flexibility index (Phi) is 3.25. The summed E-state index contributed by atoms with van der Waals surface area (Å²) < 4.78 is 0. The van der Waals surface area contributed by atoms with E-state index in [4.69, 9.17) is 5.11 Å². The van der Waals surface area contributed by atoms with E-state index in [1.165, 1.54) is 12.8 Å². The molecule has 3 fully saturated rings. The van der Waals surface area contributed by atoms with Crippen molar-refractivity contribution in [2.75, 3.05) is 32.8 Å². The molecule has 1 aliphatic heterocycles. The van der Waals surface area contributed by atoms with Crippen molar-refractivity contribution in [3.8, 4) is 0 Å². The van der Waals surface area contributed by atoms with Crippen molar-refractivity contribution in [3.05, 3.63) is 0 Å². The van der Waals surface area contributed by atoms with Gasteiger partial charge in [-0.3, -0.25) is 9.59 Å². The molecule has 106 valence electrons. The molecule has 1 atom stereocenters. The maximum absolute atomic E-state index is 12.4. The third-order valence-corrected chi connectivity index (χ3v) is 4.87. The van der Waals surface area contributed by atoms with Gasteiger partial charge in [-0.2, -0.15) is 0 Å². The van der Waals surface area contributed by atoms with Gasteiger partial charge in [0.15, 0.2) is 0 Å². The molecule has 5 heteroatoms. The van der Waals surface area contributed by atoms with Crippen LogP contribution in [0.3, 0.4) is 0 Å². The Morgan fingerprint density at radius 1 is 1.11 bits per heavy atom. The zero-order valence-electron chi connectivity index (χ0n) is 11.3. The molecule has 1 unspecified atom stereocenters. The van der Waals surface area contributed by atoms with Gasteiger partial charge in [0.25, 0.3) is 0 Å². The summed E-state index contributed by atoms with van der Waals surface area (Å²) >= 11 is 0. The maximum Gasteiger partial charge on any atom is 0.226 e. The second kappa shape index (κ2) is 4.78. The Hall–Kier alpha value is -1.10. The first-order chi connectivity index (χ1) is 9.16. The third kappa shape index (κ3) is 2.48. The largest absolute Gasteiger partial charge is 0.396 e. The Labute approximate surface area is 113 Å². The molecule has 5 nitrogen and oxygen atoms in total. The summed E-state index contributed by atoms with van der Waals surface area (Å²) in [5, 5.41) is 8.81. The van der Waals surface area contributed by atoms with Crippen molar-refractivity contribution in [1.29, 1.82) is 0 Å². The van der Waals surface area contributed by atoms with E-state index in [1.807, 2.05) is 4.90 Å². The van der Waals surface area contributed by atoms with Gasteiger partial charge in [-0.15, -0.1) is 0 Å². The number of nitrogens with zero attached hydrogens (tertiary/aromatic N) is 2. The van der Waals surface area contributed by atoms with Gasteiger partial charge in [0.2, 0.25) is 11.8 Å². The van der Waals surface area contributed by atoms with Crippen molar-refractivity contribution in [2.45, 2.75) is 32.1 Å². The highest BCUT2D eigenvalue weighted by Gasteiger charge is 2.66. The van der Waals surface area contributed by atoms with Crippen LogP contribution in [0.1, 0.15) is 32.1 Å². The normalized spacial score (nSPS) is 28.2. The van der Waals surface area contributed by atoms with Crippen LogP contribution in [0.2, 0.25) is 0 Å². The Balaban J connectivity index is 1.52. The van der Waals surface area contributed by atoms with Crippen LogP contribution >= 0.6 is 0 Å². The highest BCUT2D eigenvalue weighted by Crippen LogP contribution is 2.70. The average molecular weight is 266 g/mol. The van der Waals surface area contributed by atoms with Crippen molar-refractivity contribution >= 4 is 11.8 Å². The average Bonchev–Trinajstić information content (AvgIpc) is 3.29. The van der Waals surface area contributed by atoms with Crippen LogP contribution in [0.25, 0.3) is 0 Å². The highest BCUT2D eigenvalue weighted by molar-refractivity contribution is 5.83. The molecule has 2 amide bonds. The second-order valence-electron chi connectivity index (χ2n) is 6.15. The predicted octanol–water partition coefficient (Wildman–Crippen LogP) is 0.230. The molecular formula is C14H22N2O3. The van der Waals surface area contributed by atoms with Gasteiger partial charge in [0.1, 0.15) is 0 Å². The van der Waals surface area contributed by atoms with E-state index in [2.05, 4.69) is 0 Å². The minimum absolute atomic E-state index is 0.00174. The van der Waals surface area contributed by atoms with E-state index < -0.39 is 0 Å². The van der Waals surface area contributed by atoms with Gasteiger partial charge >= 0.3 is 0 Å². The van der Waals surface area contributed by atoms with Crippen LogP contribution in [0.4, 0.5) is 0 Å². The number of rotatable bonds is 3. The molecule has 0 aromatic carbocycles. The molecular weight excluding hydrogens is 244 g/mol. The topological polar surface area (TPSA) is 60.9 Å². The molecule has 1 saturated heterocycles. The molecule has 3 rings (SSSR count). The molecule has 19 heavy (non-hydrogen) atoms. The van der Waals surface area contributed by atoms with Crippen LogP contribution in [0.5, 0.6) is 0 Å². The lowest BCUT2D eigenvalue weighted by atomic mass is 10.2. The minimum Gasteiger partial charge on any atom is -0.396 e. The zero-order chi connectivity index (χ0) is 13.5. The number of hydrogen-bond donors (Lipinski definition) is 1. The molecule has 1 heterocycles. The smallest absolute Gasteiger partial charge is 0.226 e. The first kappa shape index (κ1) is 12.9. The molecule has 0 aromatic heterocycles. The lowest BCUT2D eigenvalue weighted by Crippen LogP contribution is -2.38. The van der Waals surface area contributed by atoms with Gasteiger partial charge in [0, 0.05) is 38.5 Å². The summed E-state index contributed by atoms with van der Waals surface area (Å²) in [6.07, 6.45) is 4.61. The number of amides is 2. The van der Waals surface area contributed by atoms with Gasteiger partial charge in [-0.25, -0.2) is 0 Å². The third-order valence-electron chi connectivity index (χ3n) is 4.87. The number of carbonyl (C=O) groups excluding carboxylic acids is 2. The van der Waals surface area contributed by atoms with Gasteiger partial charge in [-0.05, 0) is 31.1 Å². The molecule has 1 N–H and O–H groups in total. The van der Waals surface area contributed by atoms with E-state index in [0.29, 0.717) is 31.0 Å². The Morgan fingerprint density at radius 2 is 1.79 bits per heavy atom. The summed E-state index contributed by atoms with van der Waals surface area (Å²) in [5.41, 5.74) is 0.412. The van der Waals surface area contributed by atoms with E-state index >= 15 is 0 Å². The summed E-state index contributed by atoms with van der Waals surface area (Å²) in [4.78, 5) is 27.8. The Morgan fingerprint density at radius 3 is 2.42 bits per heavy atom. The summed E-state index contributed by atoms with van der Waals surface area (Å²) in [6, 6.07) is 0. The van der Waals surface area contributed by atoms with E-state index in [0.717, 1.165) is 19.4 Å². The summed E-state index contributed by atoms with van der Waals surface area (Å²) in [6.45, 7) is 2.65. The fraction of sp³-hybridized carbons (Fsp3) is 0.857. The summed E-state index contributed by atoms with van der Waals surface area (Å²) in [5.74, 6) is 0.600. The maximum atomic E-state index is 12.4. The number of aliphatic hydroxyl groups is 1. The van der Waals surface area contributed by atoms with Crippen LogP contribution in [0.15, 0.2) is 0 Å². The number of aliphatic hydroxyl groups excluding tert-OH is 1. The molecule has 0 radical (unpaired) electrons. The lowest BCUT2D eigenvalue weighted by Gasteiger charge is -2.22. The fourth-order valence-corrected chi connectivity index (χ4v) is 3.27. The van der Waals surface area contributed by atoms with Crippen LogP contribution in [-0.4, -0.2) is 59.5 Å². The molecule has 0 aromatic rings. The van der Waals surface area contributed by atoms with Crippen LogP contribution in [0, 0.1) is 11.3 Å². The van der Waals surface area contributed by atoms with E-state index in [1.54, 1.807) is 4.90 Å². The van der Waals surface area contributed by atoms with Crippen molar-refractivity contribution in [1.82, 2.24) is 9.80 Å². The molecule has 3 aliphatic rings. The van der Waals surface area contributed by atoms with Crippen molar-refractivity contribution in [2.24, 2.45) is 11.3 Å². The second-order valence-corrected chi connectivity index (χ2v) is 6.15. The highest BCUT2D eigenvalue weighted by atomic mass is 16.3. The van der Waals surface area contributed by atoms with Gasteiger partial charge in [0.05, 0.1) is 6.61 Å². The van der Waals surface area contributed by atoms with Gasteiger partial charge in [-0.1, -0.05) is 0 Å². The van der Waals surface area contributed by atoms with E-state index in [-0.39, 0.29) is 24.9 Å². The quantitative estimate of drug-likeness (QED) is 0.795. The minimum atomic E-state index is -0.0947. The van der Waals surface area contributed by atoms with Gasteiger partial charge < -0.3 is 14.9 Å². The first-order valence-electron chi connectivity index (χ1n) is 7.34. The number of carbonyl (C=O) groups is 2. The molecule has 2 saturated carbocycles. The zero-order valence-corrected chi connectivity index (χ0v) is 11.3. The standard InChI is InChI=1S/C14H22N2O3/c17-9-2-12(18)15-5-1-6-16(8-7-15)13(19)11-10-14(11)3-4-14/h11,17H,1-10H2. The number of hydrogen-bond acceptors (Lipinski definition) is 3.